The number of aliphatic hydroxyl groups is 2. The lowest BCUT2D eigenvalue weighted by Gasteiger charge is -2.36. The highest BCUT2D eigenvalue weighted by atomic mass is 16.5. The molecule has 0 fully saturated rings. The van der Waals surface area contributed by atoms with E-state index in [4.69, 9.17) is 14.9 Å². The summed E-state index contributed by atoms with van der Waals surface area (Å²) in [7, 11) is 0. The first-order chi connectivity index (χ1) is 18.5. The van der Waals surface area contributed by atoms with E-state index in [1.54, 1.807) is 19.9 Å². The van der Waals surface area contributed by atoms with Crippen LogP contribution in [-0.2, 0) is 20.9 Å². The minimum Gasteiger partial charge on any atom is -0.457 e. The Morgan fingerprint density at radius 1 is 1.21 bits per heavy atom. The molecule has 0 aliphatic carbocycles. The van der Waals surface area contributed by atoms with Crippen molar-refractivity contribution >= 4 is 22.9 Å². The molecule has 1 aromatic carbocycles. The van der Waals surface area contributed by atoms with Crippen molar-refractivity contribution in [3.8, 4) is 0 Å². The SMILES string of the molecule is CCCCC1C(=O)C(C)(C)C(O)CC(=O)OC(c2ccc3oc(CN)nc3c2)C/C=C(/C)CCCC(C)C1O. The number of rotatable bonds is 5. The molecule has 0 saturated carbocycles. The first-order valence-electron chi connectivity index (χ1n) is 14.3. The molecule has 8 nitrogen and oxygen atoms in total. The molecule has 5 atom stereocenters. The van der Waals surface area contributed by atoms with Gasteiger partial charge in [-0.3, -0.25) is 9.59 Å². The van der Waals surface area contributed by atoms with E-state index in [0.29, 0.717) is 29.8 Å². The molecule has 4 N–H and O–H groups in total. The summed E-state index contributed by atoms with van der Waals surface area (Å²) in [5, 5.41) is 22.3. The molecule has 5 unspecified atom stereocenters. The second-order valence-electron chi connectivity index (χ2n) is 11.7. The average Bonchev–Trinajstić information content (AvgIpc) is 3.32. The monoisotopic (exact) mass is 542 g/mol. The summed E-state index contributed by atoms with van der Waals surface area (Å²) in [4.78, 5) is 31.2. The van der Waals surface area contributed by atoms with E-state index in [-0.39, 0.29) is 24.7 Å². The van der Waals surface area contributed by atoms with Gasteiger partial charge in [-0.2, -0.15) is 0 Å². The van der Waals surface area contributed by atoms with Gasteiger partial charge in [0, 0.05) is 12.3 Å². The number of fused-ring (bicyclic) bond motifs is 1. The van der Waals surface area contributed by atoms with E-state index in [0.717, 1.165) is 43.2 Å². The normalized spacial score (nSPS) is 29.1. The minimum atomic E-state index is -1.25. The quantitative estimate of drug-likeness (QED) is 0.331. The first-order valence-corrected chi connectivity index (χ1v) is 14.3. The Morgan fingerprint density at radius 2 is 1.95 bits per heavy atom. The molecule has 1 aliphatic heterocycles. The van der Waals surface area contributed by atoms with Gasteiger partial charge in [0.15, 0.2) is 5.58 Å². The number of hydrogen-bond acceptors (Lipinski definition) is 8. The number of carbonyl (C=O) groups is 2. The zero-order valence-corrected chi connectivity index (χ0v) is 24.1. The standard InChI is InChI=1S/C31H46N2O6/c1-6-7-11-22-29(36)20(3)10-8-9-19(2)12-14-24(39-28(35)17-26(34)31(4,5)30(22)37)21-13-15-25-23(16-21)33-27(18-32)38-25/h12-13,15-16,20,22,24,26,29,34,36H,6-11,14,17-18,32H2,1-5H3/b19-12-. The molecule has 0 saturated heterocycles. The number of carbonyl (C=O) groups excluding carboxylic acids is 2. The second-order valence-corrected chi connectivity index (χ2v) is 11.7. The topological polar surface area (TPSA) is 136 Å². The fourth-order valence-electron chi connectivity index (χ4n) is 5.36. The molecular weight excluding hydrogens is 496 g/mol. The lowest BCUT2D eigenvalue weighted by atomic mass is 9.71. The highest BCUT2D eigenvalue weighted by Gasteiger charge is 2.43. The number of unbranched alkanes of at least 4 members (excludes halogenated alkanes) is 1. The highest BCUT2D eigenvalue weighted by Crippen LogP contribution is 2.35. The number of cyclic esters (lactones) is 1. The smallest absolute Gasteiger partial charge is 0.309 e. The molecule has 0 bridgehead atoms. The van der Waals surface area contributed by atoms with Crippen molar-refractivity contribution < 1.29 is 29.0 Å². The predicted octanol–water partition coefficient (Wildman–Crippen LogP) is 5.54. The Hall–Kier alpha value is -2.55. The molecule has 0 radical (unpaired) electrons. The number of benzene rings is 1. The molecule has 216 valence electrons. The van der Waals surface area contributed by atoms with Gasteiger partial charge in [0.2, 0.25) is 5.89 Å². The average molecular weight is 543 g/mol. The van der Waals surface area contributed by atoms with Crippen molar-refractivity contribution in [3.05, 3.63) is 41.3 Å². The lowest BCUT2D eigenvalue weighted by Crippen LogP contribution is -2.46. The first kappa shape index (κ1) is 31.0. The van der Waals surface area contributed by atoms with Gasteiger partial charge >= 0.3 is 5.97 Å². The van der Waals surface area contributed by atoms with E-state index >= 15 is 0 Å². The molecule has 8 heteroatoms. The van der Waals surface area contributed by atoms with Crippen LogP contribution in [0.15, 0.2) is 34.3 Å². The third kappa shape index (κ3) is 7.77. The van der Waals surface area contributed by atoms with Gasteiger partial charge in [-0.05, 0) is 56.2 Å². The number of ketones is 1. The van der Waals surface area contributed by atoms with Crippen LogP contribution in [0.4, 0.5) is 0 Å². The Morgan fingerprint density at radius 3 is 2.64 bits per heavy atom. The van der Waals surface area contributed by atoms with Crippen molar-refractivity contribution in [1.82, 2.24) is 4.98 Å². The number of aliphatic hydroxyl groups excluding tert-OH is 2. The van der Waals surface area contributed by atoms with E-state index in [9.17, 15) is 19.8 Å². The van der Waals surface area contributed by atoms with Crippen LogP contribution in [0.2, 0.25) is 0 Å². The number of allylic oxidation sites excluding steroid dienone is 1. The Labute approximate surface area is 232 Å². The van der Waals surface area contributed by atoms with Crippen LogP contribution in [0.3, 0.4) is 0 Å². The van der Waals surface area contributed by atoms with Gasteiger partial charge in [0.25, 0.3) is 0 Å². The van der Waals surface area contributed by atoms with Crippen LogP contribution in [-0.4, -0.2) is 39.2 Å². The van der Waals surface area contributed by atoms with Crippen molar-refractivity contribution in [2.24, 2.45) is 23.0 Å². The molecule has 39 heavy (non-hydrogen) atoms. The second kappa shape index (κ2) is 13.7. The number of esters is 1. The van der Waals surface area contributed by atoms with Crippen LogP contribution in [0.25, 0.3) is 11.1 Å². The summed E-state index contributed by atoms with van der Waals surface area (Å²) in [6, 6.07) is 5.47. The summed E-state index contributed by atoms with van der Waals surface area (Å²) < 4.78 is 11.5. The van der Waals surface area contributed by atoms with Crippen molar-refractivity contribution in [3.63, 3.8) is 0 Å². The van der Waals surface area contributed by atoms with E-state index < -0.39 is 35.6 Å². The number of oxazole rings is 1. The predicted molar refractivity (Wildman–Crippen MR) is 151 cm³/mol. The molecule has 3 rings (SSSR count). The number of nitrogens with zero attached hydrogens (tertiary/aromatic N) is 1. The molecule has 2 heterocycles. The molecule has 1 aromatic heterocycles. The van der Waals surface area contributed by atoms with Crippen LogP contribution < -0.4 is 5.73 Å². The van der Waals surface area contributed by atoms with Crippen LogP contribution >= 0.6 is 0 Å². The number of ether oxygens (including phenoxy) is 1. The third-order valence-corrected chi connectivity index (χ3v) is 8.22. The van der Waals surface area contributed by atoms with Gasteiger partial charge in [-0.15, -0.1) is 0 Å². The fourth-order valence-corrected chi connectivity index (χ4v) is 5.36. The summed E-state index contributed by atoms with van der Waals surface area (Å²) in [6.07, 6.45) is 4.35. The Kier molecular flexibility index (Phi) is 10.9. The summed E-state index contributed by atoms with van der Waals surface area (Å²) in [5.41, 5.74) is 7.61. The largest absolute Gasteiger partial charge is 0.457 e. The third-order valence-electron chi connectivity index (χ3n) is 8.22. The van der Waals surface area contributed by atoms with Gasteiger partial charge in [-0.25, -0.2) is 4.98 Å². The Bertz CT molecular complexity index is 1150. The minimum absolute atomic E-state index is 0.0604. The van der Waals surface area contributed by atoms with E-state index in [2.05, 4.69) is 24.9 Å². The molecule has 0 amide bonds. The maximum atomic E-state index is 13.7. The van der Waals surface area contributed by atoms with Gasteiger partial charge in [-0.1, -0.05) is 58.3 Å². The van der Waals surface area contributed by atoms with Gasteiger partial charge < -0.3 is 25.1 Å². The maximum Gasteiger partial charge on any atom is 0.309 e. The summed E-state index contributed by atoms with van der Waals surface area (Å²) in [5.74, 6) is -1.02. The van der Waals surface area contributed by atoms with Gasteiger partial charge in [0.1, 0.15) is 17.4 Å². The zero-order chi connectivity index (χ0) is 28.7. The van der Waals surface area contributed by atoms with Crippen molar-refractivity contribution in [2.45, 2.75) is 111 Å². The highest BCUT2D eigenvalue weighted by molar-refractivity contribution is 5.88. The molecular formula is C31H46N2O6. The molecule has 0 spiro atoms. The van der Waals surface area contributed by atoms with Crippen molar-refractivity contribution in [2.75, 3.05) is 0 Å². The Balaban J connectivity index is 1.92. The zero-order valence-electron chi connectivity index (χ0n) is 24.1. The van der Waals surface area contributed by atoms with Crippen molar-refractivity contribution in [1.29, 1.82) is 0 Å². The van der Waals surface area contributed by atoms with Crippen LogP contribution in [0.5, 0.6) is 0 Å². The lowest BCUT2D eigenvalue weighted by molar-refractivity contribution is -0.156. The molecule has 1 aliphatic rings. The van der Waals surface area contributed by atoms with Crippen LogP contribution in [0.1, 0.15) is 104 Å². The number of hydrogen-bond donors (Lipinski definition) is 3. The number of Topliss-reactive ketones (excluding diaryl/α,β-unsaturated/α-hetero) is 1. The fraction of sp³-hybridized carbons (Fsp3) is 0.645. The number of aromatic nitrogens is 1. The van der Waals surface area contributed by atoms with Crippen LogP contribution in [0, 0.1) is 17.3 Å². The maximum absolute atomic E-state index is 13.7. The van der Waals surface area contributed by atoms with E-state index in [1.165, 1.54) is 0 Å². The summed E-state index contributed by atoms with van der Waals surface area (Å²) in [6.45, 7) is 9.59. The summed E-state index contributed by atoms with van der Waals surface area (Å²) >= 11 is 0. The van der Waals surface area contributed by atoms with Gasteiger partial charge in [0.05, 0.1) is 30.6 Å². The molecule has 2 aromatic rings. The number of nitrogens with two attached hydrogens (primary N) is 1. The van der Waals surface area contributed by atoms with E-state index in [1.807, 2.05) is 19.1 Å².